The number of amides is 1. The topological polar surface area (TPSA) is 105 Å². The highest BCUT2D eigenvalue weighted by molar-refractivity contribution is 5.93. The second kappa shape index (κ2) is 9.92. The van der Waals surface area contributed by atoms with Crippen LogP contribution in [0, 0.1) is 0 Å². The third-order valence-corrected chi connectivity index (χ3v) is 6.52. The first-order valence-corrected chi connectivity index (χ1v) is 11.7. The Kier molecular flexibility index (Phi) is 6.53. The molecule has 1 aromatic carbocycles. The van der Waals surface area contributed by atoms with E-state index in [1.807, 2.05) is 42.2 Å². The van der Waals surface area contributed by atoms with E-state index in [1.165, 1.54) is 0 Å². The number of nitrogens with zero attached hydrogens (tertiary/aromatic N) is 6. The van der Waals surface area contributed by atoms with Crippen molar-refractivity contribution in [1.82, 2.24) is 29.4 Å². The number of fused-ring (bicyclic) bond motifs is 1. The standard InChI is InChI=1S/C26H28N6O4/c1-17-16-30(11-12-31(17)25(33)19-5-4-9-27-15-19)26(34)20-14-24-28-10-8-21(32(24)29-20)18-6-7-22(35-2)23(13-18)36-3/h4-10,13-15,17,25,33H,11-12,16H2,1-3H3/t17-,25?/m0/s1. The first-order chi connectivity index (χ1) is 17.5. The summed E-state index contributed by atoms with van der Waals surface area (Å²) in [6.45, 7) is 3.48. The van der Waals surface area contributed by atoms with E-state index in [9.17, 15) is 9.90 Å². The molecule has 0 aliphatic carbocycles. The molecule has 1 fully saturated rings. The Morgan fingerprint density at radius 3 is 2.64 bits per heavy atom. The summed E-state index contributed by atoms with van der Waals surface area (Å²) in [7, 11) is 3.18. The van der Waals surface area contributed by atoms with Gasteiger partial charge < -0.3 is 19.5 Å². The summed E-state index contributed by atoms with van der Waals surface area (Å²) < 4.78 is 12.4. The summed E-state index contributed by atoms with van der Waals surface area (Å²) in [6, 6.07) is 12.8. The maximum atomic E-state index is 13.4. The SMILES string of the molecule is COc1ccc(-c2ccnc3cc(C(=O)N4CCN(C(O)c5cccnc5)[C@@H](C)C4)nn23)cc1OC. The van der Waals surface area contributed by atoms with Crippen LogP contribution in [-0.4, -0.2) is 80.3 Å². The first-order valence-electron chi connectivity index (χ1n) is 11.7. The predicted octanol–water partition coefficient (Wildman–Crippen LogP) is 2.65. The van der Waals surface area contributed by atoms with Crippen molar-refractivity contribution in [2.24, 2.45) is 0 Å². The Morgan fingerprint density at radius 1 is 1.08 bits per heavy atom. The van der Waals surface area contributed by atoms with Crippen molar-refractivity contribution in [2.45, 2.75) is 19.2 Å². The average Bonchev–Trinajstić information content (AvgIpc) is 3.37. The number of benzene rings is 1. The van der Waals surface area contributed by atoms with Gasteiger partial charge in [0, 0.05) is 61.5 Å². The van der Waals surface area contributed by atoms with Gasteiger partial charge in [-0.15, -0.1) is 0 Å². The quantitative estimate of drug-likeness (QED) is 0.442. The molecule has 0 radical (unpaired) electrons. The van der Waals surface area contributed by atoms with Gasteiger partial charge in [0.05, 0.1) is 19.9 Å². The van der Waals surface area contributed by atoms with Crippen LogP contribution in [0.25, 0.3) is 16.9 Å². The maximum absolute atomic E-state index is 13.4. The van der Waals surface area contributed by atoms with Gasteiger partial charge in [-0.1, -0.05) is 6.07 Å². The summed E-state index contributed by atoms with van der Waals surface area (Å²) in [5, 5.41) is 15.4. The van der Waals surface area contributed by atoms with Crippen molar-refractivity contribution in [3.63, 3.8) is 0 Å². The Bertz CT molecular complexity index is 1380. The monoisotopic (exact) mass is 488 g/mol. The fourth-order valence-corrected chi connectivity index (χ4v) is 4.62. The third kappa shape index (κ3) is 4.36. The molecule has 36 heavy (non-hydrogen) atoms. The lowest BCUT2D eigenvalue weighted by Gasteiger charge is -2.41. The minimum Gasteiger partial charge on any atom is -0.493 e. The van der Waals surface area contributed by atoms with E-state index in [4.69, 9.17) is 9.47 Å². The minimum atomic E-state index is -0.769. The highest BCUT2D eigenvalue weighted by Crippen LogP contribution is 2.32. The van der Waals surface area contributed by atoms with Crippen LogP contribution in [0.5, 0.6) is 11.5 Å². The van der Waals surface area contributed by atoms with E-state index < -0.39 is 6.23 Å². The molecule has 1 unspecified atom stereocenters. The van der Waals surface area contributed by atoms with Gasteiger partial charge in [0.1, 0.15) is 6.23 Å². The summed E-state index contributed by atoms with van der Waals surface area (Å²) in [6.07, 6.45) is 4.26. The number of aliphatic hydroxyl groups excluding tert-OH is 1. The molecule has 0 saturated carbocycles. The zero-order valence-electron chi connectivity index (χ0n) is 20.4. The lowest BCUT2D eigenvalue weighted by atomic mass is 10.1. The van der Waals surface area contributed by atoms with Crippen molar-refractivity contribution in [3.05, 3.63) is 72.3 Å². The number of carbonyl (C=O) groups excluding carboxylic acids is 1. The van der Waals surface area contributed by atoms with E-state index in [0.717, 1.165) is 16.8 Å². The van der Waals surface area contributed by atoms with Gasteiger partial charge in [0.25, 0.3) is 5.91 Å². The van der Waals surface area contributed by atoms with Gasteiger partial charge in [-0.3, -0.25) is 14.7 Å². The number of methoxy groups -OCH3 is 2. The van der Waals surface area contributed by atoms with Crippen LogP contribution in [0.1, 0.15) is 29.2 Å². The Labute approximate surface area is 208 Å². The van der Waals surface area contributed by atoms with Gasteiger partial charge in [-0.25, -0.2) is 9.50 Å². The zero-order valence-corrected chi connectivity index (χ0v) is 20.4. The maximum Gasteiger partial charge on any atom is 0.274 e. The van der Waals surface area contributed by atoms with Crippen molar-refractivity contribution < 1.29 is 19.4 Å². The van der Waals surface area contributed by atoms with Crippen LogP contribution < -0.4 is 9.47 Å². The first kappa shape index (κ1) is 23.7. The number of pyridine rings is 1. The molecular formula is C26H28N6O4. The fraction of sp³-hybridized carbons (Fsp3) is 0.308. The number of rotatable bonds is 6. The molecular weight excluding hydrogens is 460 g/mol. The molecule has 4 heterocycles. The van der Waals surface area contributed by atoms with Crippen LogP contribution >= 0.6 is 0 Å². The van der Waals surface area contributed by atoms with Crippen molar-refractivity contribution in [3.8, 4) is 22.8 Å². The number of aromatic nitrogens is 4. The fourth-order valence-electron chi connectivity index (χ4n) is 4.62. The van der Waals surface area contributed by atoms with Crippen LogP contribution in [0.3, 0.4) is 0 Å². The predicted molar refractivity (Wildman–Crippen MR) is 133 cm³/mol. The molecule has 5 rings (SSSR count). The second-order valence-electron chi connectivity index (χ2n) is 8.70. The van der Waals surface area contributed by atoms with Crippen LogP contribution in [0.2, 0.25) is 0 Å². The van der Waals surface area contributed by atoms with Crippen molar-refractivity contribution >= 4 is 11.6 Å². The lowest BCUT2D eigenvalue weighted by Crippen LogP contribution is -2.54. The van der Waals surface area contributed by atoms with Crippen molar-refractivity contribution in [2.75, 3.05) is 33.9 Å². The van der Waals surface area contributed by atoms with Gasteiger partial charge >= 0.3 is 0 Å². The number of ether oxygens (including phenoxy) is 2. The molecule has 1 N–H and O–H groups in total. The molecule has 10 nitrogen and oxygen atoms in total. The average molecular weight is 489 g/mol. The molecule has 2 atom stereocenters. The van der Waals surface area contributed by atoms with Gasteiger partial charge in [0.15, 0.2) is 22.8 Å². The third-order valence-electron chi connectivity index (χ3n) is 6.52. The molecule has 3 aromatic heterocycles. The number of carbonyl (C=O) groups is 1. The Hall–Kier alpha value is -4.02. The van der Waals surface area contributed by atoms with Gasteiger partial charge in [-0.2, -0.15) is 5.10 Å². The Morgan fingerprint density at radius 2 is 1.92 bits per heavy atom. The molecule has 10 heteroatoms. The lowest BCUT2D eigenvalue weighted by molar-refractivity contribution is -0.0521. The highest BCUT2D eigenvalue weighted by atomic mass is 16.5. The summed E-state index contributed by atoms with van der Waals surface area (Å²) in [5.74, 6) is 1.06. The summed E-state index contributed by atoms with van der Waals surface area (Å²) >= 11 is 0. The molecule has 186 valence electrons. The van der Waals surface area contributed by atoms with E-state index in [1.54, 1.807) is 54.4 Å². The number of hydrogen-bond donors (Lipinski definition) is 1. The number of aliphatic hydroxyl groups is 1. The molecule has 1 amide bonds. The molecule has 4 aromatic rings. The largest absolute Gasteiger partial charge is 0.493 e. The van der Waals surface area contributed by atoms with Crippen LogP contribution in [0.4, 0.5) is 0 Å². The van der Waals surface area contributed by atoms with Crippen molar-refractivity contribution in [1.29, 1.82) is 0 Å². The van der Waals surface area contributed by atoms with E-state index in [-0.39, 0.29) is 11.9 Å². The van der Waals surface area contributed by atoms with Gasteiger partial charge in [-0.05, 0) is 37.3 Å². The van der Waals surface area contributed by atoms with Gasteiger partial charge in [0.2, 0.25) is 0 Å². The molecule has 1 aliphatic rings. The van der Waals surface area contributed by atoms with E-state index in [0.29, 0.717) is 42.5 Å². The summed E-state index contributed by atoms with van der Waals surface area (Å²) in [4.78, 5) is 25.6. The normalized spacial score (nSPS) is 17.2. The van der Waals surface area contributed by atoms with E-state index in [2.05, 4.69) is 15.1 Å². The minimum absolute atomic E-state index is 0.0459. The molecule has 1 saturated heterocycles. The molecule has 1 aliphatic heterocycles. The van der Waals surface area contributed by atoms with Crippen LogP contribution in [0.15, 0.2) is 61.1 Å². The smallest absolute Gasteiger partial charge is 0.274 e. The summed E-state index contributed by atoms with van der Waals surface area (Å²) in [5.41, 5.74) is 3.26. The molecule has 0 bridgehead atoms. The number of piperazine rings is 1. The molecule has 0 spiro atoms. The number of hydrogen-bond acceptors (Lipinski definition) is 8. The Balaban J connectivity index is 1.37. The van der Waals surface area contributed by atoms with Crippen LogP contribution in [-0.2, 0) is 0 Å². The highest BCUT2D eigenvalue weighted by Gasteiger charge is 2.32. The van der Waals surface area contributed by atoms with E-state index >= 15 is 0 Å². The second-order valence-corrected chi connectivity index (χ2v) is 8.70. The zero-order chi connectivity index (χ0) is 25.2.